The average Bonchev–Trinajstić information content (AvgIpc) is 2.97. The summed E-state index contributed by atoms with van der Waals surface area (Å²) in [4.78, 5) is 26.1. The summed E-state index contributed by atoms with van der Waals surface area (Å²) in [5.41, 5.74) is 4.56. The van der Waals surface area contributed by atoms with Crippen LogP contribution in [0.15, 0.2) is 73.9 Å². The highest BCUT2D eigenvalue weighted by Crippen LogP contribution is 2.33. The number of allylic oxidation sites excluding steroid dienone is 5. The number of nitrogens with zero attached hydrogens (tertiary/aromatic N) is 4. The Morgan fingerprint density at radius 2 is 1.94 bits per heavy atom. The number of hydrogen-bond donors (Lipinski definition) is 2. The Kier molecular flexibility index (Phi) is 8.06. The summed E-state index contributed by atoms with van der Waals surface area (Å²) < 4.78 is 0. The van der Waals surface area contributed by atoms with Gasteiger partial charge in [0.1, 0.15) is 11.9 Å². The largest absolute Gasteiger partial charge is 0.339 e. The van der Waals surface area contributed by atoms with Crippen molar-refractivity contribution in [3.63, 3.8) is 0 Å². The summed E-state index contributed by atoms with van der Waals surface area (Å²) >= 11 is 0. The molecule has 1 heterocycles. The van der Waals surface area contributed by atoms with E-state index in [1.165, 1.54) is 5.57 Å². The summed E-state index contributed by atoms with van der Waals surface area (Å²) in [5, 5.41) is 14.2. The number of hydrogen-bond acceptors (Lipinski definition) is 6. The molecular formula is C23H32N6O2. The highest BCUT2D eigenvalue weighted by Gasteiger charge is 2.30. The Labute approximate surface area is 183 Å². The van der Waals surface area contributed by atoms with Gasteiger partial charge in [-0.15, -0.1) is 4.91 Å². The molecule has 0 fully saturated rings. The summed E-state index contributed by atoms with van der Waals surface area (Å²) in [5.74, 6) is 5.41. The zero-order valence-electron chi connectivity index (χ0n) is 18.4. The molecule has 166 valence electrons. The number of carbonyl (C=O) groups is 1. The first kappa shape index (κ1) is 22.8. The van der Waals surface area contributed by atoms with Crippen LogP contribution in [0.5, 0.6) is 0 Å². The van der Waals surface area contributed by atoms with Crippen LogP contribution < -0.4 is 11.2 Å². The minimum atomic E-state index is -0.368. The van der Waals surface area contributed by atoms with Crippen LogP contribution in [0.2, 0.25) is 0 Å². The van der Waals surface area contributed by atoms with Crippen molar-refractivity contribution in [2.24, 2.45) is 21.4 Å². The quantitative estimate of drug-likeness (QED) is 0.263. The Balaban J connectivity index is 1.92. The Bertz CT molecular complexity index is 874. The van der Waals surface area contributed by atoms with Gasteiger partial charge in [-0.1, -0.05) is 37.3 Å². The summed E-state index contributed by atoms with van der Waals surface area (Å²) in [7, 11) is 0. The van der Waals surface area contributed by atoms with Crippen molar-refractivity contribution in [1.29, 1.82) is 0 Å². The fourth-order valence-electron chi connectivity index (χ4n) is 4.38. The minimum Gasteiger partial charge on any atom is -0.339 e. The SMILES string of the molecule is CCCN(CCC)C(=O)C1=CC2=CC=C(C3=CC(N=O)=CCC3)CC2NC(N=NN)C1. The molecule has 0 saturated carbocycles. The molecule has 0 aromatic carbocycles. The van der Waals surface area contributed by atoms with Crippen LogP contribution in [0.25, 0.3) is 0 Å². The second-order valence-corrected chi connectivity index (χ2v) is 8.12. The molecule has 2 atom stereocenters. The molecule has 2 unspecified atom stereocenters. The van der Waals surface area contributed by atoms with Crippen LogP contribution in [0.1, 0.15) is 52.4 Å². The molecule has 1 amide bonds. The Morgan fingerprint density at radius 1 is 1.16 bits per heavy atom. The number of amides is 1. The van der Waals surface area contributed by atoms with Crippen LogP contribution >= 0.6 is 0 Å². The summed E-state index contributed by atoms with van der Waals surface area (Å²) in [6, 6.07) is -0.00829. The van der Waals surface area contributed by atoms with Crippen LogP contribution in [0.4, 0.5) is 0 Å². The molecule has 0 saturated heterocycles. The van der Waals surface area contributed by atoms with Gasteiger partial charge in [-0.05, 0) is 66.2 Å². The third-order valence-corrected chi connectivity index (χ3v) is 5.81. The van der Waals surface area contributed by atoms with Gasteiger partial charge in [0.25, 0.3) is 0 Å². The van der Waals surface area contributed by atoms with Crippen molar-refractivity contribution < 1.29 is 4.79 Å². The predicted molar refractivity (Wildman–Crippen MR) is 122 cm³/mol. The van der Waals surface area contributed by atoms with E-state index in [-0.39, 0.29) is 18.1 Å². The van der Waals surface area contributed by atoms with Gasteiger partial charge in [-0.25, -0.2) is 0 Å². The van der Waals surface area contributed by atoms with Crippen LogP contribution in [-0.2, 0) is 4.79 Å². The number of nitrogens with one attached hydrogen (secondary N) is 1. The molecular weight excluding hydrogens is 392 g/mol. The van der Waals surface area contributed by atoms with E-state index < -0.39 is 0 Å². The first-order valence-corrected chi connectivity index (χ1v) is 11.1. The van der Waals surface area contributed by atoms with Gasteiger partial charge in [0.15, 0.2) is 0 Å². The lowest BCUT2D eigenvalue weighted by molar-refractivity contribution is -0.127. The lowest BCUT2D eigenvalue weighted by Gasteiger charge is -2.27. The lowest BCUT2D eigenvalue weighted by Crippen LogP contribution is -2.39. The summed E-state index contributed by atoms with van der Waals surface area (Å²) in [6.07, 6.45) is 14.2. The van der Waals surface area contributed by atoms with Gasteiger partial charge in [0.05, 0.1) is 0 Å². The molecule has 0 aromatic heterocycles. The number of carbonyl (C=O) groups excluding carboxylic acids is 1. The molecule has 0 bridgehead atoms. The van der Waals surface area contributed by atoms with Crippen LogP contribution in [0, 0.1) is 4.91 Å². The maximum Gasteiger partial charge on any atom is 0.249 e. The van der Waals surface area contributed by atoms with Crippen molar-refractivity contribution in [1.82, 2.24) is 10.2 Å². The minimum absolute atomic E-state index is 0.00829. The highest BCUT2D eigenvalue weighted by atomic mass is 16.3. The van der Waals surface area contributed by atoms with Crippen molar-refractivity contribution in [3.05, 3.63) is 63.3 Å². The van der Waals surface area contributed by atoms with E-state index in [1.807, 2.05) is 23.1 Å². The highest BCUT2D eigenvalue weighted by molar-refractivity contribution is 5.94. The van der Waals surface area contributed by atoms with E-state index in [0.717, 1.165) is 61.9 Å². The van der Waals surface area contributed by atoms with Crippen molar-refractivity contribution in [3.8, 4) is 0 Å². The first-order valence-electron chi connectivity index (χ1n) is 11.1. The maximum absolute atomic E-state index is 13.3. The second kappa shape index (κ2) is 10.9. The molecule has 0 spiro atoms. The number of fused-ring (bicyclic) bond motifs is 1. The normalized spacial score (nSPS) is 23.6. The molecule has 2 aliphatic carbocycles. The topological polar surface area (TPSA) is 113 Å². The zero-order valence-corrected chi connectivity index (χ0v) is 18.4. The maximum atomic E-state index is 13.3. The molecule has 8 heteroatoms. The Morgan fingerprint density at radius 3 is 2.61 bits per heavy atom. The predicted octanol–water partition coefficient (Wildman–Crippen LogP) is 4.20. The van der Waals surface area contributed by atoms with E-state index >= 15 is 0 Å². The molecule has 1 aliphatic heterocycles. The lowest BCUT2D eigenvalue weighted by atomic mass is 9.85. The van der Waals surface area contributed by atoms with E-state index in [0.29, 0.717) is 12.1 Å². The zero-order chi connectivity index (χ0) is 22.2. The fraction of sp³-hybridized carbons (Fsp3) is 0.522. The average molecular weight is 425 g/mol. The van der Waals surface area contributed by atoms with Gasteiger partial charge >= 0.3 is 0 Å². The first-order chi connectivity index (χ1) is 15.1. The van der Waals surface area contributed by atoms with E-state index in [2.05, 4.69) is 46.8 Å². The molecule has 0 aromatic rings. The van der Waals surface area contributed by atoms with Gasteiger partial charge in [0.2, 0.25) is 5.91 Å². The third kappa shape index (κ3) is 5.64. The molecule has 3 rings (SSSR count). The van der Waals surface area contributed by atoms with Crippen molar-refractivity contribution >= 4 is 5.91 Å². The Hall–Kier alpha value is -2.87. The number of nitroso groups, excluding NO2 is 1. The van der Waals surface area contributed by atoms with Crippen molar-refractivity contribution in [2.45, 2.75) is 64.6 Å². The standard InChI is InChI=1S/C23H32N6O2/c1-3-10-29(11-4-2)23(30)19-12-18-9-8-17(16-6-5-7-20(13-16)27-31)14-21(18)25-22(15-19)26-28-24/h7-9,12-13,21-22,25H,3-6,10-11,14-15H2,1-2H3,(H2,24,26). The van der Waals surface area contributed by atoms with E-state index in [1.54, 1.807) is 0 Å². The van der Waals surface area contributed by atoms with Crippen LogP contribution in [0.3, 0.4) is 0 Å². The van der Waals surface area contributed by atoms with Crippen molar-refractivity contribution in [2.75, 3.05) is 13.1 Å². The number of nitrogens with two attached hydrogens (primary N) is 1. The monoisotopic (exact) mass is 424 g/mol. The van der Waals surface area contributed by atoms with Gasteiger partial charge < -0.3 is 10.7 Å². The second-order valence-electron chi connectivity index (χ2n) is 8.12. The fourth-order valence-corrected chi connectivity index (χ4v) is 4.38. The van der Waals surface area contributed by atoms with Gasteiger partial charge in [0, 0.05) is 31.1 Å². The molecule has 31 heavy (non-hydrogen) atoms. The summed E-state index contributed by atoms with van der Waals surface area (Å²) in [6.45, 7) is 5.64. The molecule has 3 N–H and O–H groups in total. The van der Waals surface area contributed by atoms with E-state index in [4.69, 9.17) is 5.84 Å². The van der Waals surface area contributed by atoms with Crippen LogP contribution in [-0.4, -0.2) is 36.1 Å². The molecule has 8 nitrogen and oxygen atoms in total. The third-order valence-electron chi connectivity index (χ3n) is 5.81. The van der Waals surface area contributed by atoms with E-state index in [9.17, 15) is 9.70 Å². The molecule has 0 radical (unpaired) electrons. The van der Waals surface area contributed by atoms with Gasteiger partial charge in [-0.3, -0.25) is 10.1 Å². The van der Waals surface area contributed by atoms with Gasteiger partial charge in [-0.2, -0.15) is 5.11 Å². The molecule has 3 aliphatic rings. The smallest absolute Gasteiger partial charge is 0.249 e. The number of rotatable bonds is 8.